The lowest BCUT2D eigenvalue weighted by molar-refractivity contribution is -0.352. The summed E-state index contributed by atoms with van der Waals surface area (Å²) >= 11 is 0. The van der Waals surface area contributed by atoms with Gasteiger partial charge in [-0.15, -0.1) is 0 Å². The first-order chi connectivity index (χ1) is 21.1. The Morgan fingerprint density at radius 3 is 2.11 bits per heavy atom. The Kier molecular flexibility index (Phi) is 9.71. The maximum Gasteiger partial charge on any atom is 0.229 e. The molecular weight excluding hydrogens is 588 g/mol. The topological polar surface area (TPSA) is 227 Å². The summed E-state index contributed by atoms with van der Waals surface area (Å²) in [6.45, 7) is -1.43. The number of ether oxygens (including phenoxy) is 6. The van der Waals surface area contributed by atoms with Gasteiger partial charge in [-0.05, 0) is 29.8 Å². The van der Waals surface area contributed by atoms with Crippen LogP contribution in [0.4, 0.5) is 0 Å². The van der Waals surface area contributed by atoms with Crippen LogP contribution in [0.2, 0.25) is 0 Å². The van der Waals surface area contributed by atoms with E-state index in [0.29, 0.717) is 17.1 Å². The average Bonchev–Trinajstić information content (AvgIpc) is 3.04. The second-order valence-corrected chi connectivity index (χ2v) is 10.3. The van der Waals surface area contributed by atoms with E-state index < -0.39 is 74.6 Å². The van der Waals surface area contributed by atoms with Crippen LogP contribution in [0.3, 0.4) is 0 Å². The molecule has 2 aliphatic rings. The Morgan fingerprint density at radius 2 is 1.43 bits per heavy atom. The van der Waals surface area contributed by atoms with E-state index in [1.807, 2.05) is 0 Å². The van der Waals surface area contributed by atoms with E-state index in [0.717, 1.165) is 0 Å². The third-order valence-corrected chi connectivity index (χ3v) is 7.65. The van der Waals surface area contributed by atoms with Crippen molar-refractivity contribution < 1.29 is 68.6 Å². The summed E-state index contributed by atoms with van der Waals surface area (Å²) in [5.74, 6) is 1.01. The largest absolute Gasteiger partial charge is 0.493 e. The van der Waals surface area contributed by atoms with E-state index in [-0.39, 0.29) is 27.7 Å². The van der Waals surface area contributed by atoms with Crippen LogP contribution in [-0.4, -0.2) is 125 Å². The third-order valence-electron chi connectivity index (χ3n) is 7.65. The van der Waals surface area contributed by atoms with Crippen LogP contribution in [0.1, 0.15) is 0 Å². The summed E-state index contributed by atoms with van der Waals surface area (Å²) in [7, 11) is 2.98. The Morgan fingerprint density at radius 1 is 0.750 bits per heavy atom. The number of aliphatic hydroxyl groups excluding tert-OH is 7. The summed E-state index contributed by atoms with van der Waals surface area (Å²) in [4.78, 5) is 13.3. The molecular formula is C29H34O15. The fraction of sp³-hybridized carbons (Fsp3) is 0.483. The molecule has 3 heterocycles. The highest BCUT2D eigenvalue weighted by atomic mass is 16.7. The standard InChI is InChI=1S/C29H34O15/c1-38-16-6-3-12(7-18(16)39-2)15-11-40-17-8-13(4-5-14(17)21(15)32)41-29-26(37)27(23(34)20(10-31)43-29)44-28-25(36)24(35)22(33)19(9-30)42-28/h3-8,11,19-20,22-31,33-37H,9-10H2,1-2H3/t19?,20?,22-,23-,24+,25?,26?,27+,28+,29-/m1/s1. The quantitative estimate of drug-likeness (QED) is 0.144. The molecule has 44 heavy (non-hydrogen) atoms. The first-order valence-corrected chi connectivity index (χ1v) is 13.6. The average molecular weight is 623 g/mol. The van der Waals surface area contributed by atoms with Crippen molar-refractivity contribution >= 4 is 11.0 Å². The highest BCUT2D eigenvalue weighted by molar-refractivity contribution is 5.83. The molecule has 2 aliphatic heterocycles. The smallest absolute Gasteiger partial charge is 0.229 e. The molecule has 240 valence electrons. The number of hydrogen-bond acceptors (Lipinski definition) is 15. The van der Waals surface area contributed by atoms with Gasteiger partial charge in [-0.1, -0.05) is 6.07 Å². The molecule has 0 amide bonds. The van der Waals surface area contributed by atoms with E-state index in [1.165, 1.54) is 38.7 Å². The van der Waals surface area contributed by atoms with Crippen LogP contribution in [-0.2, 0) is 14.2 Å². The minimum Gasteiger partial charge on any atom is -0.493 e. The number of rotatable bonds is 9. The first kappa shape index (κ1) is 32.1. The van der Waals surface area contributed by atoms with Gasteiger partial charge in [0.15, 0.2) is 23.2 Å². The Labute approximate surface area is 249 Å². The first-order valence-electron chi connectivity index (χ1n) is 13.6. The fourth-order valence-electron chi connectivity index (χ4n) is 5.17. The van der Waals surface area contributed by atoms with Gasteiger partial charge in [0, 0.05) is 6.07 Å². The molecule has 0 aliphatic carbocycles. The lowest BCUT2D eigenvalue weighted by Crippen LogP contribution is -2.65. The van der Waals surface area contributed by atoms with Gasteiger partial charge in [0.05, 0.1) is 38.4 Å². The van der Waals surface area contributed by atoms with Crippen molar-refractivity contribution in [2.75, 3.05) is 27.4 Å². The number of benzene rings is 2. The van der Waals surface area contributed by atoms with E-state index in [4.69, 9.17) is 32.8 Å². The number of methoxy groups -OCH3 is 2. The summed E-state index contributed by atoms with van der Waals surface area (Å²) in [6.07, 6.45) is -14.8. The molecule has 3 aromatic rings. The zero-order chi connectivity index (χ0) is 31.7. The molecule has 0 radical (unpaired) electrons. The van der Waals surface area contributed by atoms with Gasteiger partial charge in [0.25, 0.3) is 0 Å². The predicted molar refractivity (Wildman–Crippen MR) is 148 cm³/mol. The lowest BCUT2D eigenvalue weighted by Gasteiger charge is -2.45. The predicted octanol–water partition coefficient (Wildman–Crippen LogP) is -1.52. The highest BCUT2D eigenvalue weighted by Gasteiger charge is 2.51. The molecule has 2 fully saturated rings. The van der Waals surface area contributed by atoms with E-state index in [2.05, 4.69) is 0 Å². The molecule has 5 rings (SSSR count). The minimum atomic E-state index is -1.81. The van der Waals surface area contributed by atoms with E-state index >= 15 is 0 Å². The normalized spacial score (nSPS) is 32.4. The van der Waals surface area contributed by atoms with Crippen LogP contribution in [0.25, 0.3) is 22.1 Å². The second kappa shape index (κ2) is 13.3. The van der Waals surface area contributed by atoms with Crippen LogP contribution in [0.5, 0.6) is 17.2 Å². The van der Waals surface area contributed by atoms with Gasteiger partial charge in [-0.2, -0.15) is 0 Å². The van der Waals surface area contributed by atoms with Crippen LogP contribution < -0.4 is 19.6 Å². The van der Waals surface area contributed by atoms with E-state index in [1.54, 1.807) is 18.2 Å². The molecule has 0 bridgehead atoms. The van der Waals surface area contributed by atoms with Gasteiger partial charge in [-0.25, -0.2) is 0 Å². The molecule has 15 heteroatoms. The van der Waals surface area contributed by atoms with Crippen molar-refractivity contribution in [3.05, 3.63) is 52.9 Å². The van der Waals surface area contributed by atoms with E-state index in [9.17, 15) is 40.5 Å². The van der Waals surface area contributed by atoms with Gasteiger partial charge in [0.1, 0.15) is 66.4 Å². The van der Waals surface area contributed by atoms with Gasteiger partial charge in [0.2, 0.25) is 6.29 Å². The van der Waals surface area contributed by atoms with Gasteiger partial charge < -0.3 is 68.6 Å². The Balaban J connectivity index is 1.37. The summed E-state index contributed by atoms with van der Waals surface area (Å²) in [6, 6.07) is 9.27. The van der Waals surface area contributed by atoms with Gasteiger partial charge >= 0.3 is 0 Å². The molecule has 15 nitrogen and oxygen atoms in total. The SMILES string of the molecule is COc1ccc(-c2coc3cc(O[C@@H]4OC(CO)[C@@H](O)[C@H](O[C@@H]5OC(CO)[C@@H](O)[C@H](O)C5O)C4O)ccc3c2=O)cc1OC. The van der Waals surface area contributed by atoms with Gasteiger partial charge in [-0.3, -0.25) is 4.79 Å². The number of hydrogen-bond donors (Lipinski definition) is 7. The monoisotopic (exact) mass is 622 g/mol. The van der Waals surface area contributed by atoms with Crippen LogP contribution in [0.15, 0.2) is 51.9 Å². The highest BCUT2D eigenvalue weighted by Crippen LogP contribution is 2.33. The minimum absolute atomic E-state index is 0.0863. The Hall–Kier alpha value is -3.35. The molecule has 0 spiro atoms. The molecule has 2 saturated heterocycles. The van der Waals surface area contributed by atoms with Crippen molar-refractivity contribution in [1.29, 1.82) is 0 Å². The molecule has 1 aromatic heterocycles. The Bertz CT molecular complexity index is 1490. The fourth-order valence-corrected chi connectivity index (χ4v) is 5.17. The van der Waals surface area contributed by atoms with Crippen molar-refractivity contribution in [1.82, 2.24) is 0 Å². The van der Waals surface area contributed by atoms with Crippen molar-refractivity contribution in [3.8, 4) is 28.4 Å². The molecule has 2 aromatic carbocycles. The molecule has 0 saturated carbocycles. The lowest BCUT2D eigenvalue weighted by atomic mass is 9.97. The summed E-state index contributed by atoms with van der Waals surface area (Å²) < 4.78 is 38.5. The van der Waals surface area contributed by atoms with Crippen molar-refractivity contribution in [2.45, 2.75) is 61.4 Å². The zero-order valence-corrected chi connectivity index (χ0v) is 23.6. The van der Waals surface area contributed by atoms with Crippen LogP contribution >= 0.6 is 0 Å². The molecule has 7 N–H and O–H groups in total. The number of fused-ring (bicyclic) bond motifs is 1. The molecule has 10 atom stereocenters. The maximum absolute atomic E-state index is 13.3. The summed E-state index contributed by atoms with van der Waals surface area (Å²) in [5, 5.41) is 71.6. The third kappa shape index (κ3) is 5.99. The maximum atomic E-state index is 13.3. The van der Waals surface area contributed by atoms with Crippen LogP contribution in [0, 0.1) is 0 Å². The van der Waals surface area contributed by atoms with Crippen molar-refractivity contribution in [3.63, 3.8) is 0 Å². The van der Waals surface area contributed by atoms with Crippen molar-refractivity contribution in [2.24, 2.45) is 0 Å². The second-order valence-electron chi connectivity index (χ2n) is 10.3. The molecule has 4 unspecified atom stereocenters. The summed E-state index contributed by atoms with van der Waals surface area (Å²) in [5.41, 5.74) is 0.618. The zero-order valence-electron chi connectivity index (χ0n) is 23.6. The number of aliphatic hydroxyl groups is 7.